The molecule has 0 bridgehead atoms. The summed E-state index contributed by atoms with van der Waals surface area (Å²) in [5.41, 5.74) is 2.25. The molecule has 6 heteroatoms. The summed E-state index contributed by atoms with van der Waals surface area (Å²) in [6.45, 7) is 6.20. The van der Waals surface area contributed by atoms with Crippen molar-refractivity contribution in [1.29, 1.82) is 0 Å². The Morgan fingerprint density at radius 1 is 1.23 bits per heavy atom. The van der Waals surface area contributed by atoms with Crippen LogP contribution in [-0.2, 0) is 11.3 Å². The maximum Gasteiger partial charge on any atom is 0.168 e. The number of nitrogens with zero attached hydrogens (tertiary/aromatic N) is 2. The van der Waals surface area contributed by atoms with Crippen molar-refractivity contribution < 1.29 is 9.47 Å². The minimum absolute atomic E-state index is 0.587. The predicted molar refractivity (Wildman–Crippen MR) is 91.2 cm³/mol. The highest BCUT2D eigenvalue weighted by molar-refractivity contribution is 7.99. The van der Waals surface area contributed by atoms with Crippen LogP contribution in [0.25, 0.3) is 0 Å². The molecule has 0 saturated heterocycles. The van der Waals surface area contributed by atoms with Crippen molar-refractivity contribution in [3.05, 3.63) is 40.7 Å². The Hall–Kier alpha value is -1.17. The van der Waals surface area contributed by atoms with E-state index >= 15 is 0 Å². The highest BCUT2D eigenvalue weighted by Gasteiger charge is 2.11. The second kappa shape index (κ2) is 8.46. The molecule has 0 aliphatic rings. The molecule has 0 unspecified atom stereocenters. The van der Waals surface area contributed by atoms with Crippen LogP contribution in [0, 0.1) is 13.8 Å². The molecule has 1 aromatic carbocycles. The number of methoxy groups -OCH3 is 1. The molecule has 0 aliphatic carbocycles. The average Bonchev–Trinajstić information content (AvgIpc) is 2.78. The van der Waals surface area contributed by atoms with E-state index in [1.54, 1.807) is 18.9 Å². The fourth-order valence-electron chi connectivity index (χ4n) is 2.03. The smallest absolute Gasteiger partial charge is 0.168 e. The Bertz CT molecular complexity index is 616. The molecule has 120 valence electrons. The first-order valence-electron chi connectivity index (χ1n) is 7.16. The quantitative estimate of drug-likeness (QED) is 0.538. The molecule has 0 N–H and O–H groups in total. The summed E-state index contributed by atoms with van der Waals surface area (Å²) in [5, 5.41) is 1.65. The Balaban J connectivity index is 1.89. The van der Waals surface area contributed by atoms with Crippen molar-refractivity contribution >= 4 is 23.4 Å². The van der Waals surface area contributed by atoms with Crippen LogP contribution >= 0.6 is 23.4 Å². The Morgan fingerprint density at radius 3 is 2.73 bits per heavy atom. The van der Waals surface area contributed by atoms with Crippen molar-refractivity contribution in [3.8, 4) is 5.75 Å². The van der Waals surface area contributed by atoms with Gasteiger partial charge in [0.25, 0.3) is 0 Å². The van der Waals surface area contributed by atoms with E-state index in [-0.39, 0.29) is 0 Å². The molecule has 0 amide bonds. The van der Waals surface area contributed by atoms with Gasteiger partial charge in [0.15, 0.2) is 5.16 Å². The minimum Gasteiger partial charge on any atom is -0.491 e. The number of imidazole rings is 1. The average molecular weight is 341 g/mol. The summed E-state index contributed by atoms with van der Waals surface area (Å²) in [4.78, 5) is 4.61. The Morgan fingerprint density at radius 2 is 2.00 bits per heavy atom. The zero-order valence-electron chi connectivity index (χ0n) is 13.1. The molecule has 22 heavy (non-hydrogen) atoms. The van der Waals surface area contributed by atoms with Crippen molar-refractivity contribution in [2.75, 3.05) is 26.1 Å². The summed E-state index contributed by atoms with van der Waals surface area (Å²) < 4.78 is 13.1. The van der Waals surface area contributed by atoms with Gasteiger partial charge in [0.2, 0.25) is 0 Å². The zero-order valence-corrected chi connectivity index (χ0v) is 14.7. The summed E-state index contributed by atoms with van der Waals surface area (Å²) in [6.07, 6.45) is 0. The van der Waals surface area contributed by atoms with E-state index in [4.69, 9.17) is 21.1 Å². The second-order valence-corrected chi connectivity index (χ2v) is 6.31. The van der Waals surface area contributed by atoms with Gasteiger partial charge in [-0.15, -0.1) is 0 Å². The van der Waals surface area contributed by atoms with E-state index in [0.29, 0.717) is 18.2 Å². The van der Waals surface area contributed by atoms with Crippen molar-refractivity contribution in [1.82, 2.24) is 9.55 Å². The highest BCUT2D eigenvalue weighted by atomic mass is 35.5. The van der Waals surface area contributed by atoms with Gasteiger partial charge in [-0.1, -0.05) is 35.5 Å². The maximum atomic E-state index is 6.06. The van der Waals surface area contributed by atoms with E-state index in [9.17, 15) is 0 Å². The lowest BCUT2D eigenvalue weighted by Crippen LogP contribution is -2.08. The van der Waals surface area contributed by atoms with Crippen LogP contribution in [0.2, 0.25) is 5.02 Å². The highest BCUT2D eigenvalue weighted by Crippen LogP contribution is 2.24. The molecule has 2 aromatic rings. The molecule has 0 atom stereocenters. The van der Waals surface area contributed by atoms with Crippen LogP contribution in [0.15, 0.2) is 29.4 Å². The normalized spacial score (nSPS) is 10.9. The number of hydrogen-bond donors (Lipinski definition) is 0. The summed E-state index contributed by atoms with van der Waals surface area (Å²) >= 11 is 7.75. The number of benzene rings is 1. The van der Waals surface area contributed by atoms with E-state index in [2.05, 4.69) is 16.5 Å². The van der Waals surface area contributed by atoms with Gasteiger partial charge in [-0.05, 0) is 26.0 Å². The molecule has 0 saturated carbocycles. The molecule has 0 fully saturated rings. The van der Waals surface area contributed by atoms with Gasteiger partial charge in [-0.3, -0.25) is 0 Å². The fourth-order valence-corrected chi connectivity index (χ4v) is 3.15. The number of hydrogen-bond acceptors (Lipinski definition) is 4. The number of para-hydroxylation sites is 1. The van der Waals surface area contributed by atoms with Crippen LogP contribution < -0.4 is 4.74 Å². The summed E-state index contributed by atoms with van der Waals surface area (Å²) in [6, 6.07) is 7.51. The number of aromatic nitrogens is 2. The number of rotatable bonds is 8. The van der Waals surface area contributed by atoms with E-state index in [0.717, 1.165) is 28.9 Å². The number of ether oxygens (including phenoxy) is 2. The van der Waals surface area contributed by atoms with Crippen LogP contribution in [0.4, 0.5) is 0 Å². The first-order valence-corrected chi connectivity index (χ1v) is 8.52. The van der Waals surface area contributed by atoms with E-state index in [1.165, 1.54) is 5.69 Å². The molecule has 4 nitrogen and oxygen atoms in total. The van der Waals surface area contributed by atoms with Crippen LogP contribution in [0.1, 0.15) is 11.4 Å². The van der Waals surface area contributed by atoms with Gasteiger partial charge in [0.1, 0.15) is 5.75 Å². The molecule has 1 aromatic heterocycles. The Kier molecular flexibility index (Phi) is 6.61. The van der Waals surface area contributed by atoms with Crippen LogP contribution in [0.5, 0.6) is 5.75 Å². The van der Waals surface area contributed by atoms with Gasteiger partial charge < -0.3 is 14.0 Å². The van der Waals surface area contributed by atoms with Crippen LogP contribution in [-0.4, -0.2) is 35.6 Å². The predicted octanol–water partition coefficient (Wildman–Crippen LogP) is 3.97. The van der Waals surface area contributed by atoms with E-state index < -0.39 is 0 Å². The first kappa shape index (κ1) is 17.2. The SMILES string of the molecule is COCCn1c(SCCOc2ccccc2Cl)nc(C)c1C. The van der Waals surface area contributed by atoms with E-state index in [1.807, 2.05) is 31.2 Å². The Labute approximate surface area is 140 Å². The summed E-state index contributed by atoms with van der Waals surface area (Å²) in [7, 11) is 1.71. The van der Waals surface area contributed by atoms with Crippen LogP contribution in [0.3, 0.4) is 0 Å². The largest absolute Gasteiger partial charge is 0.491 e. The first-order chi connectivity index (χ1) is 10.6. The number of thioether (sulfide) groups is 1. The number of aryl methyl sites for hydroxylation is 1. The lowest BCUT2D eigenvalue weighted by Gasteiger charge is -2.10. The van der Waals surface area contributed by atoms with Crippen molar-refractivity contribution in [2.45, 2.75) is 25.5 Å². The lowest BCUT2D eigenvalue weighted by atomic mass is 10.3. The minimum atomic E-state index is 0.587. The maximum absolute atomic E-state index is 6.06. The second-order valence-electron chi connectivity index (χ2n) is 4.84. The van der Waals surface area contributed by atoms with Crippen molar-refractivity contribution in [2.24, 2.45) is 0 Å². The summed E-state index contributed by atoms with van der Waals surface area (Å²) in [5.74, 6) is 1.54. The van der Waals surface area contributed by atoms with Gasteiger partial charge >= 0.3 is 0 Å². The van der Waals surface area contributed by atoms with Gasteiger partial charge in [-0.25, -0.2) is 4.98 Å². The lowest BCUT2D eigenvalue weighted by molar-refractivity contribution is 0.184. The molecular formula is C16H21ClN2O2S. The molecule has 0 spiro atoms. The van der Waals surface area contributed by atoms with Gasteiger partial charge in [0.05, 0.1) is 23.9 Å². The monoisotopic (exact) mass is 340 g/mol. The molecule has 0 aliphatic heterocycles. The number of halogens is 1. The topological polar surface area (TPSA) is 36.3 Å². The third-order valence-electron chi connectivity index (χ3n) is 3.35. The molecule has 2 rings (SSSR count). The van der Waals surface area contributed by atoms with Gasteiger partial charge in [-0.2, -0.15) is 0 Å². The standard InChI is InChI=1S/C16H21ClN2O2S/c1-12-13(2)19(8-9-20-3)16(18-12)22-11-10-21-15-7-5-4-6-14(15)17/h4-7H,8-11H2,1-3H3. The molecule has 1 heterocycles. The fraction of sp³-hybridized carbons (Fsp3) is 0.438. The molecule has 0 radical (unpaired) electrons. The third kappa shape index (κ3) is 4.41. The zero-order chi connectivity index (χ0) is 15.9. The molecular weight excluding hydrogens is 320 g/mol. The third-order valence-corrected chi connectivity index (χ3v) is 4.60. The van der Waals surface area contributed by atoms with Gasteiger partial charge in [0, 0.05) is 25.1 Å². The van der Waals surface area contributed by atoms with Crippen molar-refractivity contribution in [3.63, 3.8) is 0 Å².